The number of ether oxygens (including phenoxy) is 2. The molecule has 0 amide bonds. The Kier molecular flexibility index (Phi) is 6.91. The lowest BCUT2D eigenvalue weighted by Crippen LogP contribution is -2.86. The highest BCUT2D eigenvalue weighted by molar-refractivity contribution is 5.92. The third kappa shape index (κ3) is 3.48. The van der Waals surface area contributed by atoms with Gasteiger partial charge in [-0.3, -0.25) is 9.59 Å². The minimum atomic E-state index is -2.39. The van der Waals surface area contributed by atoms with Crippen LogP contribution in [0.25, 0.3) is 0 Å². The Morgan fingerprint density at radius 2 is 1.69 bits per heavy atom. The topological polar surface area (TPSA) is 174 Å². The number of hydrogen-bond donors (Lipinski definition) is 6. The van der Waals surface area contributed by atoms with E-state index in [2.05, 4.69) is 6.58 Å². The molecule has 6 N–H and O–H groups in total. The van der Waals surface area contributed by atoms with E-state index in [1.165, 1.54) is 13.0 Å². The van der Waals surface area contributed by atoms with E-state index in [-0.39, 0.29) is 12.8 Å². The Balaban J connectivity index is 2.28. The van der Waals surface area contributed by atoms with Crippen LogP contribution < -0.4 is 0 Å². The van der Waals surface area contributed by atoms with Crippen LogP contribution in [0.3, 0.4) is 0 Å². The van der Waals surface area contributed by atoms with E-state index in [9.17, 15) is 40.2 Å². The van der Waals surface area contributed by atoms with Crippen LogP contribution in [-0.4, -0.2) is 97.3 Å². The smallest absolute Gasteiger partial charge is 0.319 e. The van der Waals surface area contributed by atoms with Gasteiger partial charge in [0.1, 0.15) is 11.0 Å². The molecule has 10 nitrogen and oxygen atoms in total. The fraction of sp³-hybridized carbons (Fsp3) is 0.840. The molecule has 0 spiro atoms. The number of hydrogen-bond acceptors (Lipinski definition) is 10. The lowest BCUT2D eigenvalue weighted by Gasteiger charge is -2.71. The largest absolute Gasteiger partial charge is 0.456 e. The van der Waals surface area contributed by atoms with Gasteiger partial charge >= 0.3 is 5.97 Å². The van der Waals surface area contributed by atoms with Gasteiger partial charge in [0, 0.05) is 17.8 Å². The lowest BCUT2D eigenvalue weighted by atomic mass is 9.40. The first-order valence-corrected chi connectivity index (χ1v) is 12.0. The van der Waals surface area contributed by atoms with E-state index in [1.807, 2.05) is 13.8 Å². The summed E-state index contributed by atoms with van der Waals surface area (Å²) >= 11 is 0. The molecule has 1 aliphatic heterocycles. The molecule has 0 aromatic carbocycles. The highest BCUT2D eigenvalue weighted by atomic mass is 16.6. The van der Waals surface area contributed by atoms with E-state index in [1.54, 1.807) is 13.8 Å². The van der Waals surface area contributed by atoms with Gasteiger partial charge in [-0.15, -0.1) is 6.58 Å². The number of carbonyl (C=O) groups is 2. The van der Waals surface area contributed by atoms with Crippen molar-refractivity contribution in [3.8, 4) is 0 Å². The lowest BCUT2D eigenvalue weighted by molar-refractivity contribution is -0.371. The van der Waals surface area contributed by atoms with Crippen molar-refractivity contribution < 1.29 is 49.7 Å². The molecule has 200 valence electrons. The molecule has 2 saturated carbocycles. The van der Waals surface area contributed by atoms with Crippen LogP contribution in [-0.2, 0) is 19.1 Å². The summed E-state index contributed by atoms with van der Waals surface area (Å²) in [7, 11) is 0. The van der Waals surface area contributed by atoms with E-state index < -0.39 is 88.9 Å². The molecule has 2 aliphatic carbocycles. The third-order valence-corrected chi connectivity index (χ3v) is 9.30. The van der Waals surface area contributed by atoms with Gasteiger partial charge in [0.05, 0.1) is 37.6 Å². The van der Waals surface area contributed by atoms with Crippen molar-refractivity contribution in [3.05, 3.63) is 12.7 Å². The molecule has 0 unspecified atom stereocenters. The number of aliphatic hydroxyl groups is 6. The second-order valence-corrected chi connectivity index (χ2v) is 11.9. The molecule has 8 atom stereocenters. The fourth-order valence-electron chi connectivity index (χ4n) is 7.06. The van der Waals surface area contributed by atoms with Crippen molar-refractivity contribution >= 4 is 11.8 Å². The quantitative estimate of drug-likeness (QED) is 0.205. The molecule has 0 bridgehead atoms. The molecule has 3 fully saturated rings. The van der Waals surface area contributed by atoms with Gasteiger partial charge in [0.25, 0.3) is 0 Å². The SMILES string of the molecule is C=C[C@@]1(C)CC(=O)[C@]2(O)[C@@]3(C)[C@@H](O)CCC(C)(C)[C@@H]3[C@H](O)[C@H](OC(=O)C(CO)(CO)CO)[C@@]2(C)O1. The monoisotopic (exact) mass is 500 g/mol. The summed E-state index contributed by atoms with van der Waals surface area (Å²) in [6.45, 7) is 9.05. The van der Waals surface area contributed by atoms with Gasteiger partial charge < -0.3 is 40.1 Å². The van der Waals surface area contributed by atoms with E-state index in [0.717, 1.165) is 0 Å². The first kappa shape index (κ1) is 28.2. The Hall–Kier alpha value is -1.40. The number of Topliss-reactive ketones (excluding diaryl/α,β-unsaturated/α-hetero) is 1. The van der Waals surface area contributed by atoms with Gasteiger partial charge in [-0.1, -0.05) is 26.8 Å². The summed E-state index contributed by atoms with van der Waals surface area (Å²) < 4.78 is 12.0. The first-order chi connectivity index (χ1) is 16.0. The number of esters is 1. The van der Waals surface area contributed by atoms with Gasteiger partial charge in [-0.25, -0.2) is 0 Å². The minimum absolute atomic E-state index is 0.261. The maximum absolute atomic E-state index is 13.8. The molecule has 0 aromatic rings. The van der Waals surface area contributed by atoms with Crippen LogP contribution in [0.4, 0.5) is 0 Å². The first-order valence-electron chi connectivity index (χ1n) is 12.0. The molecule has 0 radical (unpaired) electrons. The maximum Gasteiger partial charge on any atom is 0.319 e. The normalized spacial score (nSPS) is 45.3. The average molecular weight is 501 g/mol. The molecule has 1 heterocycles. The molecule has 1 saturated heterocycles. The molecule has 10 heteroatoms. The standard InChI is InChI=1S/C25H40O10/c1-7-21(4)10-15(30)25(33)22(5)14(29)8-9-20(2,3)17(22)16(31)18(23(25,6)35-21)34-19(32)24(11-26,12-27)13-28/h7,14,16-18,26-29,31,33H,1,8-13H2,2-6H3/t14-,16-,17-,18-,21-,22-,23+,25-/m0/s1. The number of rotatable bonds is 6. The summed E-state index contributed by atoms with van der Waals surface area (Å²) in [4.78, 5) is 27.0. The fourth-order valence-corrected chi connectivity index (χ4v) is 7.06. The molecule has 3 rings (SSSR count). The third-order valence-electron chi connectivity index (χ3n) is 9.30. The second kappa shape index (κ2) is 8.58. The molecule has 3 aliphatic rings. The van der Waals surface area contributed by atoms with Crippen LogP contribution in [0.2, 0.25) is 0 Å². The predicted molar refractivity (Wildman–Crippen MR) is 123 cm³/mol. The number of aliphatic hydroxyl groups excluding tert-OH is 5. The molecular formula is C25H40O10. The average Bonchev–Trinajstić information content (AvgIpc) is 2.78. The molecule has 35 heavy (non-hydrogen) atoms. The maximum atomic E-state index is 13.8. The van der Waals surface area contributed by atoms with Crippen LogP contribution in [0.5, 0.6) is 0 Å². The minimum Gasteiger partial charge on any atom is -0.456 e. The molecule has 0 aromatic heterocycles. The van der Waals surface area contributed by atoms with E-state index in [0.29, 0.717) is 6.42 Å². The second-order valence-electron chi connectivity index (χ2n) is 11.9. The van der Waals surface area contributed by atoms with Crippen molar-refractivity contribution in [2.45, 2.75) is 89.0 Å². The van der Waals surface area contributed by atoms with Crippen LogP contribution in [0.1, 0.15) is 53.9 Å². The van der Waals surface area contributed by atoms with Gasteiger partial charge in [0.15, 0.2) is 17.5 Å². The Morgan fingerprint density at radius 1 is 1.14 bits per heavy atom. The summed E-state index contributed by atoms with van der Waals surface area (Å²) in [5, 5.41) is 64.6. The predicted octanol–water partition coefficient (Wildman–Crippen LogP) is -0.537. The Labute approximate surface area is 205 Å². The Bertz CT molecular complexity index is 875. The van der Waals surface area contributed by atoms with Crippen molar-refractivity contribution in [3.63, 3.8) is 0 Å². The van der Waals surface area contributed by atoms with E-state index >= 15 is 0 Å². The van der Waals surface area contributed by atoms with E-state index in [4.69, 9.17) is 9.47 Å². The summed E-state index contributed by atoms with van der Waals surface area (Å²) in [6.07, 6.45) is -2.50. The van der Waals surface area contributed by atoms with Crippen molar-refractivity contribution in [2.24, 2.45) is 22.2 Å². The molecular weight excluding hydrogens is 460 g/mol. The van der Waals surface area contributed by atoms with Gasteiger partial charge in [0.2, 0.25) is 0 Å². The van der Waals surface area contributed by atoms with Crippen LogP contribution >= 0.6 is 0 Å². The summed E-state index contributed by atoms with van der Waals surface area (Å²) in [5.41, 5.74) is -10.1. The summed E-state index contributed by atoms with van der Waals surface area (Å²) in [6, 6.07) is 0. The van der Waals surface area contributed by atoms with Crippen molar-refractivity contribution in [1.82, 2.24) is 0 Å². The summed E-state index contributed by atoms with van der Waals surface area (Å²) in [5.74, 6) is -2.79. The van der Waals surface area contributed by atoms with Crippen LogP contribution in [0.15, 0.2) is 12.7 Å². The zero-order valence-electron chi connectivity index (χ0n) is 21.2. The number of carbonyl (C=O) groups excluding carboxylic acids is 2. The number of ketones is 1. The Morgan fingerprint density at radius 3 is 2.17 bits per heavy atom. The van der Waals surface area contributed by atoms with Crippen LogP contribution in [0, 0.1) is 22.2 Å². The highest BCUT2D eigenvalue weighted by Crippen LogP contribution is 2.67. The van der Waals surface area contributed by atoms with Gasteiger partial charge in [-0.05, 0) is 32.1 Å². The zero-order chi connectivity index (χ0) is 26.8. The highest BCUT2D eigenvalue weighted by Gasteiger charge is 2.81. The zero-order valence-corrected chi connectivity index (χ0v) is 21.2. The van der Waals surface area contributed by atoms with Crippen molar-refractivity contribution in [2.75, 3.05) is 19.8 Å². The van der Waals surface area contributed by atoms with Crippen molar-refractivity contribution in [1.29, 1.82) is 0 Å². The number of fused-ring (bicyclic) bond motifs is 3. The van der Waals surface area contributed by atoms with Gasteiger partial charge in [-0.2, -0.15) is 0 Å².